The molecule has 26 heavy (non-hydrogen) atoms. The highest BCUT2D eigenvalue weighted by Crippen LogP contribution is 2.44. The molecule has 2 heterocycles. The van der Waals surface area contributed by atoms with Crippen molar-refractivity contribution in [1.82, 2.24) is 9.80 Å². The van der Waals surface area contributed by atoms with E-state index in [0.29, 0.717) is 9.80 Å². The van der Waals surface area contributed by atoms with Crippen molar-refractivity contribution < 1.29 is 32.3 Å². The Kier molecular flexibility index (Phi) is 4.21. The van der Waals surface area contributed by atoms with Crippen LogP contribution in [0.2, 0.25) is 0 Å². The SMILES string of the molecule is CN1C(=O)C(=O)N(CC(=O)N2CCC(C(F)(F)F)c3ccccc32)C1=O. The van der Waals surface area contributed by atoms with Gasteiger partial charge in [-0.1, -0.05) is 18.2 Å². The van der Waals surface area contributed by atoms with Gasteiger partial charge >= 0.3 is 24.0 Å². The minimum Gasteiger partial charge on any atom is -0.311 e. The van der Waals surface area contributed by atoms with Crippen molar-refractivity contribution in [3.05, 3.63) is 29.8 Å². The number of para-hydroxylation sites is 1. The van der Waals surface area contributed by atoms with E-state index in [1.54, 1.807) is 0 Å². The number of hydrogen-bond acceptors (Lipinski definition) is 4. The summed E-state index contributed by atoms with van der Waals surface area (Å²) in [5.41, 5.74) is 0.0525. The molecule has 1 aromatic carbocycles. The van der Waals surface area contributed by atoms with Crippen molar-refractivity contribution in [1.29, 1.82) is 0 Å². The third-order valence-electron chi connectivity index (χ3n) is 4.48. The van der Waals surface area contributed by atoms with Crippen molar-refractivity contribution in [3.63, 3.8) is 0 Å². The van der Waals surface area contributed by atoms with Gasteiger partial charge in [-0.05, 0) is 18.1 Å². The Morgan fingerprint density at radius 1 is 1.15 bits per heavy atom. The Morgan fingerprint density at radius 3 is 2.38 bits per heavy atom. The number of fused-ring (bicyclic) bond motifs is 1. The average Bonchev–Trinajstić information content (AvgIpc) is 2.77. The lowest BCUT2D eigenvalue weighted by molar-refractivity contribution is -0.152. The summed E-state index contributed by atoms with van der Waals surface area (Å²) in [6, 6.07) is 4.70. The van der Waals surface area contributed by atoms with Gasteiger partial charge in [-0.2, -0.15) is 13.2 Å². The standard InChI is InChI=1S/C16H14F3N3O4/c1-20-13(24)14(25)22(15(20)26)8-12(23)21-7-6-10(16(17,18)19)9-4-2-3-5-11(9)21/h2-5,10H,6-8H2,1H3. The minimum atomic E-state index is -4.44. The minimum absolute atomic E-state index is 0.0353. The number of alkyl halides is 3. The van der Waals surface area contributed by atoms with Crippen molar-refractivity contribution >= 4 is 29.4 Å². The molecule has 0 N–H and O–H groups in total. The summed E-state index contributed by atoms with van der Waals surface area (Å²) in [5.74, 6) is -4.61. The molecule has 5 amide bonds. The van der Waals surface area contributed by atoms with E-state index in [9.17, 15) is 32.3 Å². The normalized spacial score (nSPS) is 20.7. The molecular formula is C16H14F3N3O4. The maximum absolute atomic E-state index is 13.2. The highest BCUT2D eigenvalue weighted by molar-refractivity contribution is 6.45. The first-order chi connectivity index (χ1) is 12.1. The third kappa shape index (κ3) is 2.80. The number of likely N-dealkylation sites (N-methyl/N-ethyl adjacent to an activating group) is 1. The molecule has 0 aliphatic carbocycles. The first-order valence-corrected chi connectivity index (χ1v) is 7.72. The van der Waals surface area contributed by atoms with Crippen molar-refractivity contribution in [2.24, 2.45) is 0 Å². The van der Waals surface area contributed by atoms with Crippen molar-refractivity contribution in [2.75, 3.05) is 25.0 Å². The van der Waals surface area contributed by atoms with Crippen LogP contribution >= 0.6 is 0 Å². The summed E-state index contributed by atoms with van der Waals surface area (Å²) in [6.45, 7) is -0.918. The van der Waals surface area contributed by atoms with Crippen LogP contribution in [-0.2, 0) is 14.4 Å². The molecule has 10 heteroatoms. The van der Waals surface area contributed by atoms with Crippen LogP contribution in [0.4, 0.5) is 23.7 Å². The number of halogens is 3. The van der Waals surface area contributed by atoms with E-state index >= 15 is 0 Å². The van der Waals surface area contributed by atoms with Gasteiger partial charge in [0.1, 0.15) is 6.54 Å². The number of benzene rings is 1. The zero-order chi connectivity index (χ0) is 19.2. The van der Waals surface area contributed by atoms with E-state index in [1.165, 1.54) is 24.3 Å². The second-order valence-electron chi connectivity index (χ2n) is 6.03. The predicted octanol–water partition coefficient (Wildman–Crippen LogP) is 1.49. The molecule has 0 aromatic heterocycles. The predicted molar refractivity (Wildman–Crippen MR) is 82.1 cm³/mol. The van der Waals surface area contributed by atoms with Crippen LogP contribution in [0.15, 0.2) is 24.3 Å². The molecule has 0 saturated carbocycles. The van der Waals surface area contributed by atoms with Gasteiger partial charge in [0.05, 0.1) is 5.92 Å². The molecule has 1 saturated heterocycles. The van der Waals surface area contributed by atoms with Crippen LogP contribution in [0.1, 0.15) is 17.9 Å². The molecule has 0 bridgehead atoms. The number of imide groups is 2. The van der Waals surface area contributed by atoms with Crippen LogP contribution in [0.3, 0.4) is 0 Å². The molecule has 1 fully saturated rings. The molecular weight excluding hydrogens is 355 g/mol. The number of amides is 5. The zero-order valence-corrected chi connectivity index (χ0v) is 13.6. The lowest BCUT2D eigenvalue weighted by atomic mass is 9.89. The summed E-state index contributed by atoms with van der Waals surface area (Å²) in [7, 11) is 1.11. The van der Waals surface area contributed by atoms with Gasteiger partial charge in [-0.25, -0.2) is 9.69 Å². The number of carbonyl (C=O) groups is 4. The summed E-state index contributed by atoms with van der Waals surface area (Å²) in [4.78, 5) is 49.9. The molecule has 3 rings (SSSR count). The lowest BCUT2D eigenvalue weighted by Crippen LogP contribution is -2.46. The Hall–Kier alpha value is -2.91. The van der Waals surface area contributed by atoms with Gasteiger partial charge in [0, 0.05) is 19.3 Å². The molecule has 1 aromatic rings. The fourth-order valence-corrected chi connectivity index (χ4v) is 3.13. The number of urea groups is 1. The molecule has 2 aliphatic heterocycles. The molecule has 0 radical (unpaired) electrons. The quantitative estimate of drug-likeness (QED) is 0.585. The lowest BCUT2D eigenvalue weighted by Gasteiger charge is -2.35. The van der Waals surface area contributed by atoms with Crippen LogP contribution in [0.25, 0.3) is 0 Å². The smallest absolute Gasteiger partial charge is 0.311 e. The first-order valence-electron chi connectivity index (χ1n) is 7.72. The first kappa shape index (κ1) is 17.9. The summed E-state index contributed by atoms with van der Waals surface area (Å²) < 4.78 is 39.7. The Bertz CT molecular complexity index is 808. The van der Waals surface area contributed by atoms with Gasteiger partial charge in [0.15, 0.2) is 0 Å². The van der Waals surface area contributed by atoms with E-state index in [0.717, 1.165) is 11.9 Å². The van der Waals surface area contributed by atoms with Gasteiger partial charge in [0.25, 0.3) is 0 Å². The van der Waals surface area contributed by atoms with E-state index in [-0.39, 0.29) is 24.2 Å². The highest BCUT2D eigenvalue weighted by atomic mass is 19.4. The van der Waals surface area contributed by atoms with Crippen molar-refractivity contribution in [3.8, 4) is 0 Å². The molecule has 1 atom stereocenters. The van der Waals surface area contributed by atoms with Crippen LogP contribution in [-0.4, -0.2) is 59.9 Å². The van der Waals surface area contributed by atoms with Gasteiger partial charge in [-0.3, -0.25) is 19.3 Å². The Morgan fingerprint density at radius 2 is 1.81 bits per heavy atom. The fraction of sp³-hybridized carbons (Fsp3) is 0.375. The topological polar surface area (TPSA) is 78.0 Å². The van der Waals surface area contributed by atoms with Gasteiger partial charge in [0.2, 0.25) is 5.91 Å². The molecule has 7 nitrogen and oxygen atoms in total. The van der Waals surface area contributed by atoms with Gasteiger partial charge < -0.3 is 4.90 Å². The van der Waals surface area contributed by atoms with Gasteiger partial charge in [-0.15, -0.1) is 0 Å². The largest absolute Gasteiger partial charge is 0.395 e. The number of rotatable bonds is 2. The Labute approximate surface area is 145 Å². The van der Waals surface area contributed by atoms with Crippen molar-refractivity contribution in [2.45, 2.75) is 18.5 Å². The Balaban J connectivity index is 1.86. The van der Waals surface area contributed by atoms with Crippen LogP contribution < -0.4 is 4.90 Å². The fourth-order valence-electron chi connectivity index (χ4n) is 3.13. The zero-order valence-electron chi connectivity index (χ0n) is 13.6. The molecule has 1 unspecified atom stereocenters. The summed E-state index contributed by atoms with van der Waals surface area (Å²) >= 11 is 0. The summed E-state index contributed by atoms with van der Waals surface area (Å²) in [6.07, 6.45) is -4.77. The molecule has 0 spiro atoms. The second kappa shape index (κ2) is 6.11. The average molecular weight is 369 g/mol. The second-order valence-corrected chi connectivity index (χ2v) is 6.03. The van der Waals surface area contributed by atoms with Crippen LogP contribution in [0, 0.1) is 0 Å². The maximum Gasteiger partial charge on any atom is 0.395 e. The number of carbonyl (C=O) groups excluding carboxylic acids is 4. The van der Waals surface area contributed by atoms with Crippen LogP contribution in [0.5, 0.6) is 0 Å². The summed E-state index contributed by atoms with van der Waals surface area (Å²) in [5, 5.41) is 0. The number of anilines is 1. The van der Waals surface area contributed by atoms with E-state index < -0.39 is 42.4 Å². The maximum atomic E-state index is 13.2. The van der Waals surface area contributed by atoms with E-state index in [1.807, 2.05) is 0 Å². The van der Waals surface area contributed by atoms with E-state index in [4.69, 9.17) is 0 Å². The molecule has 138 valence electrons. The number of hydrogen-bond donors (Lipinski definition) is 0. The highest BCUT2D eigenvalue weighted by Gasteiger charge is 2.47. The monoisotopic (exact) mass is 369 g/mol. The van der Waals surface area contributed by atoms with E-state index in [2.05, 4.69) is 0 Å². The third-order valence-corrected chi connectivity index (χ3v) is 4.48. The number of nitrogens with zero attached hydrogens (tertiary/aromatic N) is 3. The molecule has 2 aliphatic rings.